The Morgan fingerprint density at radius 3 is 3.00 bits per heavy atom. The third-order valence-corrected chi connectivity index (χ3v) is 3.68. The fourth-order valence-electron chi connectivity index (χ4n) is 2.01. The zero-order chi connectivity index (χ0) is 14.0. The third kappa shape index (κ3) is 3.19. The number of benzene rings is 1. The number of amides is 1. The molecule has 2 rings (SSSR count). The van der Waals surface area contributed by atoms with E-state index in [4.69, 9.17) is 27.9 Å². The highest BCUT2D eigenvalue weighted by Crippen LogP contribution is 2.20. The predicted molar refractivity (Wildman–Crippen MR) is 72.4 cm³/mol. The Morgan fingerprint density at radius 2 is 2.32 bits per heavy atom. The van der Waals surface area contributed by atoms with E-state index in [1.165, 1.54) is 18.2 Å². The molecule has 104 valence electrons. The lowest BCUT2D eigenvalue weighted by atomic mass is 10.1. The van der Waals surface area contributed by atoms with Crippen molar-refractivity contribution in [3.8, 4) is 0 Å². The fourth-order valence-corrected chi connectivity index (χ4v) is 2.37. The van der Waals surface area contributed by atoms with Gasteiger partial charge in [0.25, 0.3) is 5.91 Å². The van der Waals surface area contributed by atoms with Gasteiger partial charge in [-0.25, -0.2) is 4.39 Å². The zero-order valence-electron chi connectivity index (χ0n) is 10.4. The van der Waals surface area contributed by atoms with Crippen LogP contribution < -0.4 is 0 Å². The van der Waals surface area contributed by atoms with Gasteiger partial charge in [-0.1, -0.05) is 11.6 Å². The molecule has 1 aromatic rings. The van der Waals surface area contributed by atoms with Crippen LogP contribution in [0.1, 0.15) is 17.3 Å². The molecule has 19 heavy (non-hydrogen) atoms. The van der Waals surface area contributed by atoms with Crippen molar-refractivity contribution in [2.45, 2.75) is 19.1 Å². The van der Waals surface area contributed by atoms with E-state index in [0.29, 0.717) is 24.1 Å². The second kappa shape index (κ2) is 6.07. The van der Waals surface area contributed by atoms with Crippen LogP contribution in [0.25, 0.3) is 0 Å². The van der Waals surface area contributed by atoms with E-state index in [9.17, 15) is 9.18 Å². The quantitative estimate of drug-likeness (QED) is 0.786. The summed E-state index contributed by atoms with van der Waals surface area (Å²) in [7, 11) is 0. The lowest BCUT2D eigenvalue weighted by molar-refractivity contribution is -0.0373. The molecule has 1 aliphatic rings. The van der Waals surface area contributed by atoms with Crippen molar-refractivity contribution >= 4 is 29.1 Å². The van der Waals surface area contributed by atoms with Crippen molar-refractivity contribution in [2.24, 2.45) is 0 Å². The second-order valence-electron chi connectivity index (χ2n) is 4.54. The molecule has 0 radical (unpaired) electrons. The molecule has 3 nitrogen and oxygen atoms in total. The summed E-state index contributed by atoms with van der Waals surface area (Å²) in [5.41, 5.74) is -0.0189. The molecule has 0 aromatic heterocycles. The summed E-state index contributed by atoms with van der Waals surface area (Å²) in [5, 5.41) is 0.333. The first-order chi connectivity index (χ1) is 9.02. The molecule has 6 heteroatoms. The van der Waals surface area contributed by atoms with Crippen molar-refractivity contribution in [3.05, 3.63) is 34.6 Å². The van der Waals surface area contributed by atoms with Crippen molar-refractivity contribution < 1.29 is 13.9 Å². The molecular formula is C13H14Cl2FNO2. The van der Waals surface area contributed by atoms with Gasteiger partial charge in [0, 0.05) is 11.6 Å². The number of hydrogen-bond acceptors (Lipinski definition) is 2. The number of alkyl halides is 1. The van der Waals surface area contributed by atoms with Gasteiger partial charge >= 0.3 is 0 Å². The predicted octanol–water partition coefficient (Wildman–Crippen LogP) is 2.95. The van der Waals surface area contributed by atoms with E-state index in [2.05, 4.69) is 0 Å². The van der Waals surface area contributed by atoms with Gasteiger partial charge in [-0.05, 0) is 25.1 Å². The summed E-state index contributed by atoms with van der Waals surface area (Å²) < 4.78 is 19.2. The molecular weight excluding hydrogens is 292 g/mol. The first-order valence-corrected chi connectivity index (χ1v) is 6.87. The number of halogens is 3. The summed E-state index contributed by atoms with van der Waals surface area (Å²) >= 11 is 11.6. The lowest BCUT2D eigenvalue weighted by Gasteiger charge is -2.37. The molecule has 0 N–H and O–H groups in total. The number of ether oxygens (including phenoxy) is 1. The molecule has 2 unspecified atom stereocenters. The number of carbonyl (C=O) groups is 1. The second-order valence-corrected chi connectivity index (χ2v) is 5.29. The normalized spacial score (nSPS) is 23.5. The Bertz CT molecular complexity index is 484. The highest BCUT2D eigenvalue weighted by Gasteiger charge is 2.31. The Balaban J connectivity index is 2.24. The summed E-state index contributed by atoms with van der Waals surface area (Å²) in [6.45, 7) is 2.60. The number of morpholine rings is 1. The van der Waals surface area contributed by atoms with Crippen LogP contribution in [0.3, 0.4) is 0 Å². The SMILES string of the molecule is CC1COC(CCl)CN1C(=O)c1cc(Cl)ccc1F. The van der Waals surface area contributed by atoms with Gasteiger partial charge in [-0.3, -0.25) is 4.79 Å². The molecule has 0 aliphatic carbocycles. The van der Waals surface area contributed by atoms with Crippen molar-refractivity contribution in [1.29, 1.82) is 0 Å². The largest absolute Gasteiger partial charge is 0.373 e. The van der Waals surface area contributed by atoms with Crippen LogP contribution in [0, 0.1) is 5.82 Å². The summed E-state index contributed by atoms with van der Waals surface area (Å²) in [5.74, 6) is -0.657. The van der Waals surface area contributed by atoms with Crippen LogP contribution in [0.5, 0.6) is 0 Å². The average molecular weight is 306 g/mol. The van der Waals surface area contributed by atoms with Gasteiger partial charge in [0.1, 0.15) is 5.82 Å². The fraction of sp³-hybridized carbons (Fsp3) is 0.462. The first kappa shape index (κ1) is 14.6. The monoisotopic (exact) mass is 305 g/mol. The van der Waals surface area contributed by atoms with E-state index in [1.807, 2.05) is 6.92 Å². The molecule has 0 bridgehead atoms. The van der Waals surface area contributed by atoms with Crippen molar-refractivity contribution in [3.63, 3.8) is 0 Å². The maximum Gasteiger partial charge on any atom is 0.257 e. The van der Waals surface area contributed by atoms with Gasteiger partial charge in [-0.2, -0.15) is 0 Å². The maximum absolute atomic E-state index is 13.7. The standard InChI is InChI=1S/C13H14Cl2FNO2/c1-8-7-19-10(5-14)6-17(8)13(18)11-4-9(15)2-3-12(11)16/h2-4,8,10H,5-7H2,1H3. The van der Waals surface area contributed by atoms with Crippen LogP contribution in [-0.2, 0) is 4.74 Å². The molecule has 1 aliphatic heterocycles. The first-order valence-electron chi connectivity index (χ1n) is 5.96. The Hall–Kier alpha value is -0.840. The highest BCUT2D eigenvalue weighted by atomic mass is 35.5. The molecule has 1 aromatic carbocycles. The van der Waals surface area contributed by atoms with Crippen LogP contribution >= 0.6 is 23.2 Å². The van der Waals surface area contributed by atoms with Crippen LogP contribution in [0.2, 0.25) is 5.02 Å². The minimum atomic E-state index is -0.574. The topological polar surface area (TPSA) is 29.5 Å². The van der Waals surface area contributed by atoms with Gasteiger partial charge in [0.05, 0.1) is 30.2 Å². The highest BCUT2D eigenvalue weighted by molar-refractivity contribution is 6.31. The number of carbonyl (C=O) groups excluding carboxylic acids is 1. The Labute approximate surface area is 121 Å². The summed E-state index contributed by atoms with van der Waals surface area (Å²) in [6.07, 6.45) is -0.218. The molecule has 1 heterocycles. The summed E-state index contributed by atoms with van der Waals surface area (Å²) in [6, 6.07) is 3.83. The van der Waals surface area contributed by atoms with Gasteiger partial charge in [0.15, 0.2) is 0 Å². The molecule has 0 saturated carbocycles. The summed E-state index contributed by atoms with van der Waals surface area (Å²) in [4.78, 5) is 13.9. The van der Waals surface area contributed by atoms with Gasteiger partial charge < -0.3 is 9.64 Å². The van der Waals surface area contributed by atoms with Crippen LogP contribution in [0.15, 0.2) is 18.2 Å². The molecule has 1 amide bonds. The molecule has 2 atom stereocenters. The van der Waals surface area contributed by atoms with Crippen molar-refractivity contribution in [1.82, 2.24) is 4.90 Å². The molecule has 1 fully saturated rings. The van der Waals surface area contributed by atoms with Crippen LogP contribution in [0.4, 0.5) is 4.39 Å². The molecule has 0 spiro atoms. The third-order valence-electron chi connectivity index (χ3n) is 3.10. The number of rotatable bonds is 2. The van der Waals surface area contributed by atoms with Gasteiger partial charge in [-0.15, -0.1) is 11.6 Å². The minimum Gasteiger partial charge on any atom is -0.373 e. The van der Waals surface area contributed by atoms with Crippen LogP contribution in [-0.4, -0.2) is 42.0 Å². The van der Waals surface area contributed by atoms with E-state index in [0.717, 1.165) is 0 Å². The zero-order valence-corrected chi connectivity index (χ0v) is 11.9. The average Bonchev–Trinajstić information content (AvgIpc) is 2.41. The number of hydrogen-bond donors (Lipinski definition) is 0. The molecule has 1 saturated heterocycles. The van der Waals surface area contributed by atoms with E-state index < -0.39 is 5.82 Å². The Kier molecular flexibility index (Phi) is 4.66. The smallest absolute Gasteiger partial charge is 0.257 e. The van der Waals surface area contributed by atoms with E-state index >= 15 is 0 Å². The lowest BCUT2D eigenvalue weighted by Crippen LogP contribution is -2.51. The number of nitrogens with zero attached hydrogens (tertiary/aromatic N) is 1. The maximum atomic E-state index is 13.7. The Morgan fingerprint density at radius 1 is 1.58 bits per heavy atom. The van der Waals surface area contributed by atoms with E-state index in [1.54, 1.807) is 4.90 Å². The van der Waals surface area contributed by atoms with Gasteiger partial charge in [0.2, 0.25) is 0 Å². The minimum absolute atomic E-state index is 0.0189. The van der Waals surface area contributed by atoms with E-state index in [-0.39, 0.29) is 23.6 Å². The van der Waals surface area contributed by atoms with Crippen molar-refractivity contribution in [2.75, 3.05) is 19.0 Å².